The molecule has 1 N–H and O–H groups in total. The number of rotatable bonds is 7. The smallest absolute Gasteiger partial charge is 0.162 e. The molecule has 5 nitrogen and oxygen atoms in total. The van der Waals surface area contributed by atoms with E-state index in [4.69, 9.17) is 37.7 Å². The first-order valence-electron chi connectivity index (χ1n) is 10.0. The zero-order valence-corrected chi connectivity index (χ0v) is 20.0. The molecule has 1 aromatic heterocycles. The van der Waals surface area contributed by atoms with Crippen molar-refractivity contribution in [1.82, 2.24) is 4.98 Å². The lowest BCUT2D eigenvalue weighted by Crippen LogP contribution is -2.17. The number of methoxy groups -OCH3 is 1. The summed E-state index contributed by atoms with van der Waals surface area (Å²) in [4.78, 5) is 8.95. The average Bonchev–Trinajstić information content (AvgIpc) is 2.73. The van der Waals surface area contributed by atoms with Crippen molar-refractivity contribution in [2.75, 3.05) is 12.4 Å². The van der Waals surface area contributed by atoms with Crippen molar-refractivity contribution in [2.24, 2.45) is 4.99 Å². The van der Waals surface area contributed by atoms with Crippen molar-refractivity contribution in [3.05, 3.63) is 88.2 Å². The second-order valence-electron chi connectivity index (χ2n) is 7.42. The van der Waals surface area contributed by atoms with Gasteiger partial charge in [-0.05, 0) is 68.8 Å². The van der Waals surface area contributed by atoms with Gasteiger partial charge in [0.25, 0.3) is 0 Å². The number of nitrogens with one attached hydrogen (secondary N) is 1. The summed E-state index contributed by atoms with van der Waals surface area (Å²) in [6, 6.07) is 12.8. The molecular formula is C25H25Cl2N3O2. The second kappa shape index (κ2) is 10.5. The van der Waals surface area contributed by atoms with Gasteiger partial charge in [-0.25, -0.2) is 4.99 Å². The molecule has 0 atom stereocenters. The molecule has 0 saturated carbocycles. The number of benzene rings is 2. The summed E-state index contributed by atoms with van der Waals surface area (Å²) >= 11 is 12.4. The Labute approximate surface area is 198 Å². The maximum atomic E-state index is 6.21. The highest BCUT2D eigenvalue weighted by atomic mass is 35.5. The Balaban J connectivity index is 2.13. The molecule has 3 rings (SSSR count). The van der Waals surface area contributed by atoms with Crippen LogP contribution in [0.3, 0.4) is 0 Å². The highest BCUT2D eigenvalue weighted by molar-refractivity contribution is 6.35. The van der Waals surface area contributed by atoms with E-state index in [9.17, 15) is 0 Å². The minimum atomic E-state index is -0.0232. The molecule has 0 radical (unpaired) electrons. The van der Waals surface area contributed by atoms with Gasteiger partial charge in [0.2, 0.25) is 0 Å². The van der Waals surface area contributed by atoms with Crippen LogP contribution >= 0.6 is 23.2 Å². The monoisotopic (exact) mass is 469 g/mol. The van der Waals surface area contributed by atoms with E-state index in [1.54, 1.807) is 37.7 Å². The quantitative estimate of drug-likeness (QED) is 0.298. The van der Waals surface area contributed by atoms with E-state index < -0.39 is 0 Å². The average molecular weight is 470 g/mol. The number of aromatic nitrogens is 1. The lowest BCUT2D eigenvalue weighted by Gasteiger charge is -2.19. The molecule has 0 amide bonds. The van der Waals surface area contributed by atoms with E-state index in [2.05, 4.69) is 16.9 Å². The highest BCUT2D eigenvalue weighted by Gasteiger charge is 2.16. The topological polar surface area (TPSA) is 55.7 Å². The number of halogens is 2. The largest absolute Gasteiger partial charge is 0.493 e. The van der Waals surface area contributed by atoms with Crippen LogP contribution in [0.1, 0.15) is 30.5 Å². The Hall–Kier alpha value is -3.02. The number of anilines is 1. The number of pyridine rings is 1. The van der Waals surface area contributed by atoms with Gasteiger partial charge >= 0.3 is 0 Å². The van der Waals surface area contributed by atoms with E-state index in [1.165, 1.54) is 0 Å². The predicted molar refractivity (Wildman–Crippen MR) is 133 cm³/mol. The zero-order chi connectivity index (χ0) is 23.3. The number of nitrogens with zero attached hydrogens (tertiary/aromatic N) is 2. The fourth-order valence-corrected chi connectivity index (χ4v) is 3.60. The summed E-state index contributed by atoms with van der Waals surface area (Å²) in [6.45, 7) is 10.0. The second-order valence-corrected chi connectivity index (χ2v) is 8.29. The zero-order valence-electron chi connectivity index (χ0n) is 18.4. The fourth-order valence-electron chi connectivity index (χ4n) is 3.07. The van der Waals surface area contributed by atoms with Crippen LogP contribution in [0.4, 0.5) is 5.69 Å². The van der Waals surface area contributed by atoms with E-state index in [0.717, 1.165) is 16.7 Å². The number of hydrogen-bond donors (Lipinski definition) is 1. The summed E-state index contributed by atoms with van der Waals surface area (Å²) in [7, 11) is 1.62. The van der Waals surface area contributed by atoms with Crippen LogP contribution < -0.4 is 14.8 Å². The molecule has 0 aliphatic rings. The third kappa shape index (κ3) is 6.02. The van der Waals surface area contributed by atoms with E-state index in [1.807, 2.05) is 45.0 Å². The van der Waals surface area contributed by atoms with Crippen LogP contribution in [0.25, 0.3) is 5.70 Å². The van der Waals surface area contributed by atoms with Crippen molar-refractivity contribution in [2.45, 2.75) is 26.9 Å². The van der Waals surface area contributed by atoms with Crippen LogP contribution in [0.5, 0.6) is 11.5 Å². The molecule has 0 saturated heterocycles. The molecule has 0 fully saturated rings. The van der Waals surface area contributed by atoms with Crippen molar-refractivity contribution < 1.29 is 9.47 Å². The molecular weight excluding hydrogens is 445 g/mol. The van der Waals surface area contributed by atoms with Gasteiger partial charge in [0, 0.05) is 39.3 Å². The molecule has 166 valence electrons. The van der Waals surface area contributed by atoms with Crippen LogP contribution in [0, 0.1) is 6.92 Å². The fraction of sp³-hybridized carbons (Fsp3) is 0.200. The van der Waals surface area contributed by atoms with Gasteiger partial charge in [-0.1, -0.05) is 29.8 Å². The van der Waals surface area contributed by atoms with Crippen molar-refractivity contribution >= 4 is 40.4 Å². The number of ether oxygens (including phenoxy) is 2. The highest BCUT2D eigenvalue weighted by Crippen LogP contribution is 2.33. The summed E-state index contributed by atoms with van der Waals surface area (Å²) < 4.78 is 11.5. The number of aryl methyl sites for hydroxylation is 1. The van der Waals surface area contributed by atoms with E-state index >= 15 is 0 Å². The van der Waals surface area contributed by atoms with E-state index in [0.29, 0.717) is 38.8 Å². The summed E-state index contributed by atoms with van der Waals surface area (Å²) in [6.07, 6.45) is 3.40. The molecule has 3 aromatic rings. The standard InChI is InChI=1S/C25H25Cl2N3O2/c1-15(2)32-24-13-22(16(3)9-23(24)31-5)25(29-17(4)18-7-6-8-28-14-18)30-21-11-19(26)10-20(27)12-21/h6-15H,4H2,1-3,5H3,(H,29,30). The van der Waals surface area contributed by atoms with Crippen LogP contribution in [-0.2, 0) is 0 Å². The third-order valence-corrected chi connectivity index (χ3v) is 4.93. The Kier molecular flexibility index (Phi) is 7.78. The lowest BCUT2D eigenvalue weighted by molar-refractivity contribution is 0.230. The molecule has 0 bridgehead atoms. The maximum absolute atomic E-state index is 6.21. The Morgan fingerprint density at radius 2 is 1.81 bits per heavy atom. The Morgan fingerprint density at radius 1 is 1.09 bits per heavy atom. The van der Waals surface area contributed by atoms with Gasteiger partial charge in [0.15, 0.2) is 11.5 Å². The van der Waals surface area contributed by atoms with Crippen LogP contribution in [0.15, 0.2) is 66.4 Å². The summed E-state index contributed by atoms with van der Waals surface area (Å²) in [5, 5.41) is 4.37. The normalized spacial score (nSPS) is 11.4. The van der Waals surface area contributed by atoms with Gasteiger partial charge in [-0.15, -0.1) is 0 Å². The Bertz CT molecular complexity index is 1130. The number of hydrogen-bond acceptors (Lipinski definition) is 4. The van der Waals surface area contributed by atoms with Gasteiger partial charge < -0.3 is 14.8 Å². The van der Waals surface area contributed by atoms with Gasteiger partial charge in [-0.3, -0.25) is 4.98 Å². The first-order valence-corrected chi connectivity index (χ1v) is 10.8. The summed E-state index contributed by atoms with van der Waals surface area (Å²) in [5.41, 5.74) is 3.82. The van der Waals surface area contributed by atoms with Crippen molar-refractivity contribution in [3.63, 3.8) is 0 Å². The molecule has 0 aliphatic heterocycles. The van der Waals surface area contributed by atoms with E-state index in [-0.39, 0.29) is 6.10 Å². The van der Waals surface area contributed by atoms with Crippen LogP contribution in [-0.4, -0.2) is 24.0 Å². The minimum absolute atomic E-state index is 0.0232. The Morgan fingerprint density at radius 3 is 2.41 bits per heavy atom. The predicted octanol–water partition coefficient (Wildman–Crippen LogP) is 7.02. The minimum Gasteiger partial charge on any atom is -0.493 e. The maximum Gasteiger partial charge on any atom is 0.162 e. The van der Waals surface area contributed by atoms with Crippen molar-refractivity contribution in [1.29, 1.82) is 0 Å². The molecule has 0 aliphatic carbocycles. The van der Waals surface area contributed by atoms with Crippen LogP contribution in [0.2, 0.25) is 10.0 Å². The SMILES string of the molecule is C=C(N=C(Nc1cc(Cl)cc(Cl)c1)c1cc(OC(C)C)c(OC)cc1C)c1cccnc1. The van der Waals surface area contributed by atoms with Crippen molar-refractivity contribution in [3.8, 4) is 11.5 Å². The number of amidine groups is 1. The third-order valence-electron chi connectivity index (χ3n) is 4.50. The molecule has 32 heavy (non-hydrogen) atoms. The molecule has 7 heteroatoms. The molecule has 0 spiro atoms. The van der Waals surface area contributed by atoms with Gasteiger partial charge in [-0.2, -0.15) is 0 Å². The molecule has 1 heterocycles. The lowest BCUT2D eigenvalue weighted by atomic mass is 10.1. The first kappa shape index (κ1) is 23.6. The van der Waals surface area contributed by atoms with Gasteiger partial charge in [0.05, 0.1) is 18.9 Å². The number of aliphatic imine (C=N–C) groups is 1. The van der Waals surface area contributed by atoms with Gasteiger partial charge in [0.1, 0.15) is 5.84 Å². The molecule has 0 unspecified atom stereocenters. The summed E-state index contributed by atoms with van der Waals surface area (Å²) in [5.74, 6) is 1.83. The molecule has 2 aromatic carbocycles. The first-order chi connectivity index (χ1) is 15.3.